The molecule has 0 unspecified atom stereocenters. The van der Waals surface area contributed by atoms with Gasteiger partial charge in [-0.05, 0) is 37.3 Å². The van der Waals surface area contributed by atoms with Crippen molar-refractivity contribution >= 4 is 0 Å². The van der Waals surface area contributed by atoms with Crippen LogP contribution < -0.4 is 5.73 Å². The van der Waals surface area contributed by atoms with Gasteiger partial charge in [0.05, 0.1) is 0 Å². The SMILES string of the molecule is NC1(C2(c3ccc(O)cc3F)CC2)CC1. The number of hydrogen-bond donors (Lipinski definition) is 2. The van der Waals surface area contributed by atoms with Gasteiger partial charge < -0.3 is 10.8 Å². The van der Waals surface area contributed by atoms with E-state index in [4.69, 9.17) is 5.73 Å². The summed E-state index contributed by atoms with van der Waals surface area (Å²) in [5, 5.41) is 9.17. The summed E-state index contributed by atoms with van der Waals surface area (Å²) in [6.07, 6.45) is 3.94. The van der Waals surface area contributed by atoms with E-state index in [9.17, 15) is 9.50 Å². The summed E-state index contributed by atoms with van der Waals surface area (Å²) in [5.74, 6) is -0.335. The second-order valence-corrected chi connectivity index (χ2v) is 4.90. The van der Waals surface area contributed by atoms with Crippen LogP contribution in [0.1, 0.15) is 31.2 Å². The molecule has 3 rings (SSSR count). The summed E-state index contributed by atoms with van der Waals surface area (Å²) < 4.78 is 13.7. The molecule has 3 heteroatoms. The average Bonchev–Trinajstić information content (AvgIpc) is 3.01. The fraction of sp³-hybridized carbons (Fsp3) is 0.500. The number of aromatic hydroxyl groups is 1. The van der Waals surface area contributed by atoms with Crippen molar-refractivity contribution in [2.45, 2.75) is 36.6 Å². The van der Waals surface area contributed by atoms with Gasteiger partial charge >= 0.3 is 0 Å². The summed E-state index contributed by atoms with van der Waals surface area (Å²) in [6.45, 7) is 0. The smallest absolute Gasteiger partial charge is 0.130 e. The van der Waals surface area contributed by atoms with Crippen molar-refractivity contribution in [3.05, 3.63) is 29.6 Å². The van der Waals surface area contributed by atoms with Gasteiger partial charge in [-0.15, -0.1) is 0 Å². The van der Waals surface area contributed by atoms with Gasteiger partial charge in [0.1, 0.15) is 11.6 Å². The van der Waals surface area contributed by atoms with Gasteiger partial charge in [0.15, 0.2) is 0 Å². The molecule has 0 atom stereocenters. The van der Waals surface area contributed by atoms with Gasteiger partial charge in [0.2, 0.25) is 0 Å². The van der Waals surface area contributed by atoms with Crippen LogP contribution in [0.15, 0.2) is 18.2 Å². The normalized spacial score (nSPS) is 24.9. The van der Waals surface area contributed by atoms with Crippen LogP contribution in [0.5, 0.6) is 5.75 Å². The maximum atomic E-state index is 13.7. The van der Waals surface area contributed by atoms with Crippen molar-refractivity contribution in [1.29, 1.82) is 0 Å². The standard InChI is InChI=1S/C12H14FNO/c13-10-7-8(15)1-2-9(10)11(3-4-11)12(14)5-6-12/h1-2,7,15H,3-6,14H2. The number of hydrogen-bond acceptors (Lipinski definition) is 2. The van der Waals surface area contributed by atoms with Crippen molar-refractivity contribution in [1.82, 2.24) is 0 Å². The van der Waals surface area contributed by atoms with E-state index in [-0.39, 0.29) is 22.5 Å². The lowest BCUT2D eigenvalue weighted by Gasteiger charge is -2.23. The van der Waals surface area contributed by atoms with Gasteiger partial charge in [0, 0.05) is 17.0 Å². The summed E-state index contributed by atoms with van der Waals surface area (Å²) in [7, 11) is 0. The number of rotatable bonds is 2. The average molecular weight is 207 g/mol. The zero-order chi connectivity index (χ0) is 10.7. The summed E-state index contributed by atoms with van der Waals surface area (Å²) in [4.78, 5) is 0. The van der Waals surface area contributed by atoms with E-state index in [1.165, 1.54) is 6.07 Å². The van der Waals surface area contributed by atoms with E-state index in [1.807, 2.05) is 0 Å². The maximum absolute atomic E-state index is 13.7. The Balaban J connectivity index is 2.06. The fourth-order valence-electron chi connectivity index (χ4n) is 2.67. The Morgan fingerprint density at radius 2 is 1.87 bits per heavy atom. The highest BCUT2D eigenvalue weighted by molar-refractivity contribution is 5.43. The summed E-state index contributed by atoms with van der Waals surface area (Å²) >= 11 is 0. The summed E-state index contributed by atoms with van der Waals surface area (Å²) in [5.41, 5.74) is 6.58. The zero-order valence-electron chi connectivity index (χ0n) is 8.46. The Bertz CT molecular complexity index is 422. The lowest BCUT2D eigenvalue weighted by Crippen LogP contribution is -2.37. The number of phenolic OH excluding ortho intramolecular Hbond substituents is 1. The molecule has 2 aliphatic carbocycles. The number of nitrogens with two attached hydrogens (primary N) is 1. The molecule has 0 spiro atoms. The first-order chi connectivity index (χ1) is 7.07. The Hall–Kier alpha value is -1.09. The Morgan fingerprint density at radius 3 is 2.33 bits per heavy atom. The van der Waals surface area contributed by atoms with E-state index < -0.39 is 0 Å². The van der Waals surface area contributed by atoms with Crippen molar-refractivity contribution in [2.75, 3.05) is 0 Å². The molecule has 1 aromatic carbocycles. The quantitative estimate of drug-likeness (QED) is 0.779. The molecule has 0 amide bonds. The van der Waals surface area contributed by atoms with E-state index in [2.05, 4.69) is 0 Å². The molecular weight excluding hydrogens is 193 g/mol. The van der Waals surface area contributed by atoms with Crippen LogP contribution in [0.4, 0.5) is 4.39 Å². The molecule has 0 radical (unpaired) electrons. The number of halogens is 1. The Kier molecular flexibility index (Phi) is 1.54. The molecule has 15 heavy (non-hydrogen) atoms. The second-order valence-electron chi connectivity index (χ2n) is 4.90. The Labute approximate surface area is 87.9 Å². The van der Waals surface area contributed by atoms with E-state index >= 15 is 0 Å². The molecule has 1 aromatic rings. The zero-order valence-corrected chi connectivity index (χ0v) is 8.46. The van der Waals surface area contributed by atoms with Gasteiger partial charge in [-0.3, -0.25) is 0 Å². The molecule has 80 valence electrons. The predicted octanol–water partition coefficient (Wildman–Crippen LogP) is 2.05. The van der Waals surface area contributed by atoms with Crippen molar-refractivity contribution in [3.63, 3.8) is 0 Å². The van der Waals surface area contributed by atoms with Gasteiger partial charge in [-0.2, -0.15) is 0 Å². The van der Waals surface area contributed by atoms with Crippen LogP contribution in [0, 0.1) is 5.82 Å². The first-order valence-electron chi connectivity index (χ1n) is 5.35. The molecule has 0 saturated heterocycles. The lowest BCUT2D eigenvalue weighted by molar-refractivity contribution is 0.451. The van der Waals surface area contributed by atoms with Crippen molar-refractivity contribution in [3.8, 4) is 5.75 Å². The van der Waals surface area contributed by atoms with Crippen LogP contribution >= 0.6 is 0 Å². The minimum atomic E-state index is -0.316. The first-order valence-corrected chi connectivity index (χ1v) is 5.35. The molecule has 0 aromatic heterocycles. The fourth-order valence-corrected chi connectivity index (χ4v) is 2.67. The second kappa shape index (κ2) is 2.53. The number of phenols is 1. The van der Waals surface area contributed by atoms with Crippen LogP contribution in [0.2, 0.25) is 0 Å². The molecule has 2 nitrogen and oxygen atoms in total. The van der Waals surface area contributed by atoms with E-state index in [1.54, 1.807) is 12.1 Å². The van der Waals surface area contributed by atoms with Crippen molar-refractivity contribution < 1.29 is 9.50 Å². The highest BCUT2D eigenvalue weighted by atomic mass is 19.1. The molecule has 0 bridgehead atoms. The first kappa shape index (κ1) is 9.16. The van der Waals surface area contributed by atoms with Crippen LogP contribution in [0.25, 0.3) is 0 Å². The topological polar surface area (TPSA) is 46.2 Å². The van der Waals surface area contributed by atoms with Crippen LogP contribution in [0.3, 0.4) is 0 Å². The predicted molar refractivity (Wildman–Crippen MR) is 55.1 cm³/mol. The highest BCUT2D eigenvalue weighted by Gasteiger charge is 2.64. The molecule has 3 N–H and O–H groups in total. The lowest BCUT2D eigenvalue weighted by atomic mass is 9.86. The van der Waals surface area contributed by atoms with Crippen LogP contribution in [-0.4, -0.2) is 10.6 Å². The third-order valence-electron chi connectivity index (χ3n) is 3.96. The third-order valence-corrected chi connectivity index (χ3v) is 3.96. The maximum Gasteiger partial charge on any atom is 0.130 e. The van der Waals surface area contributed by atoms with Gasteiger partial charge in [-0.25, -0.2) is 4.39 Å². The number of benzene rings is 1. The van der Waals surface area contributed by atoms with E-state index in [0.717, 1.165) is 25.7 Å². The minimum absolute atomic E-state index is 0.0195. The highest BCUT2D eigenvalue weighted by Crippen LogP contribution is 2.64. The van der Waals surface area contributed by atoms with Crippen molar-refractivity contribution in [2.24, 2.45) is 5.73 Å². The monoisotopic (exact) mass is 207 g/mol. The Morgan fingerprint density at radius 1 is 1.20 bits per heavy atom. The molecule has 2 aliphatic rings. The molecule has 0 heterocycles. The molecular formula is C12H14FNO. The third kappa shape index (κ3) is 1.13. The van der Waals surface area contributed by atoms with Gasteiger partial charge in [-0.1, -0.05) is 6.07 Å². The van der Waals surface area contributed by atoms with E-state index in [0.29, 0.717) is 5.56 Å². The van der Waals surface area contributed by atoms with Gasteiger partial charge in [0.25, 0.3) is 0 Å². The largest absolute Gasteiger partial charge is 0.508 e. The molecule has 0 aliphatic heterocycles. The molecule has 2 saturated carbocycles. The molecule has 2 fully saturated rings. The van der Waals surface area contributed by atoms with Crippen LogP contribution in [-0.2, 0) is 5.41 Å². The summed E-state index contributed by atoms with van der Waals surface area (Å²) in [6, 6.07) is 4.41. The minimum Gasteiger partial charge on any atom is -0.508 e.